The van der Waals surface area contributed by atoms with Crippen molar-refractivity contribution in [3.05, 3.63) is 16.3 Å². The second kappa shape index (κ2) is 5.44. The van der Waals surface area contributed by atoms with Crippen LogP contribution < -0.4 is 0 Å². The van der Waals surface area contributed by atoms with Gasteiger partial charge in [0.05, 0.1) is 12.7 Å². The number of carbonyl (C=O) groups is 1. The van der Waals surface area contributed by atoms with E-state index in [1.807, 2.05) is 0 Å². The number of hydrogen-bond donors (Lipinski definition) is 1. The summed E-state index contributed by atoms with van der Waals surface area (Å²) in [7, 11) is -2.50. The minimum absolute atomic E-state index is 0.0177. The number of methoxy groups -OCH3 is 1. The van der Waals surface area contributed by atoms with E-state index in [2.05, 4.69) is 4.74 Å². The topological polar surface area (TPSA) is 83.9 Å². The first-order valence-electron chi connectivity index (χ1n) is 6.16. The van der Waals surface area contributed by atoms with Gasteiger partial charge in [-0.1, -0.05) is 0 Å². The van der Waals surface area contributed by atoms with Crippen LogP contribution in [0.2, 0.25) is 0 Å². The molecule has 1 aromatic heterocycles. The number of thiophene rings is 1. The average molecular weight is 319 g/mol. The monoisotopic (exact) mass is 319 g/mol. The van der Waals surface area contributed by atoms with E-state index in [-0.39, 0.29) is 22.9 Å². The van der Waals surface area contributed by atoms with Crippen LogP contribution in [0, 0.1) is 0 Å². The lowest BCUT2D eigenvalue weighted by atomic mass is 9.95. The fourth-order valence-corrected chi connectivity index (χ4v) is 4.84. The molecule has 0 spiro atoms. The molecule has 1 fully saturated rings. The first kappa shape index (κ1) is 15.4. The number of sulfonamides is 1. The molecule has 20 heavy (non-hydrogen) atoms. The minimum atomic E-state index is -3.72. The summed E-state index contributed by atoms with van der Waals surface area (Å²) in [4.78, 5) is 11.7. The Kier molecular flexibility index (Phi) is 4.19. The van der Waals surface area contributed by atoms with Crippen molar-refractivity contribution in [3.8, 4) is 0 Å². The van der Waals surface area contributed by atoms with E-state index in [0.717, 1.165) is 11.3 Å². The van der Waals surface area contributed by atoms with Crippen molar-refractivity contribution < 1.29 is 23.1 Å². The Bertz CT molecular complexity index is 595. The van der Waals surface area contributed by atoms with Crippen LogP contribution in [0.4, 0.5) is 0 Å². The van der Waals surface area contributed by atoms with Gasteiger partial charge in [-0.05, 0) is 31.2 Å². The standard InChI is InChI=1S/C12H17NO5S2/c1-12(15)4-6-13(7-5-12)20(16,17)9-3-8-19-10(9)11(14)18-2/h3,8,15H,4-7H2,1-2H3. The number of carbonyl (C=O) groups excluding carboxylic acids is 1. The lowest BCUT2D eigenvalue weighted by Gasteiger charge is -2.34. The van der Waals surface area contributed by atoms with Gasteiger partial charge in [-0.3, -0.25) is 0 Å². The minimum Gasteiger partial charge on any atom is -0.465 e. The molecule has 0 amide bonds. The Morgan fingerprint density at radius 1 is 1.45 bits per heavy atom. The van der Waals surface area contributed by atoms with Gasteiger partial charge < -0.3 is 9.84 Å². The third kappa shape index (κ3) is 2.88. The molecule has 1 aromatic rings. The summed E-state index contributed by atoms with van der Waals surface area (Å²) >= 11 is 1.04. The Morgan fingerprint density at radius 2 is 2.05 bits per heavy atom. The smallest absolute Gasteiger partial charge is 0.349 e. The molecule has 112 valence electrons. The number of hydrogen-bond acceptors (Lipinski definition) is 6. The van der Waals surface area contributed by atoms with E-state index >= 15 is 0 Å². The maximum Gasteiger partial charge on any atom is 0.349 e. The van der Waals surface area contributed by atoms with Crippen molar-refractivity contribution >= 4 is 27.3 Å². The maximum atomic E-state index is 12.5. The van der Waals surface area contributed by atoms with Gasteiger partial charge in [0.25, 0.3) is 0 Å². The zero-order valence-electron chi connectivity index (χ0n) is 11.3. The van der Waals surface area contributed by atoms with Crippen molar-refractivity contribution in [1.82, 2.24) is 4.31 Å². The van der Waals surface area contributed by atoms with Gasteiger partial charge in [0.15, 0.2) is 0 Å². The van der Waals surface area contributed by atoms with Crippen LogP contribution in [0.1, 0.15) is 29.4 Å². The van der Waals surface area contributed by atoms with E-state index in [0.29, 0.717) is 12.8 Å². The number of aliphatic hydroxyl groups is 1. The van der Waals surface area contributed by atoms with Crippen molar-refractivity contribution in [1.29, 1.82) is 0 Å². The summed E-state index contributed by atoms with van der Waals surface area (Å²) in [6, 6.07) is 1.42. The van der Waals surface area contributed by atoms with Crippen LogP contribution in [0.3, 0.4) is 0 Å². The SMILES string of the molecule is COC(=O)c1sccc1S(=O)(=O)N1CCC(C)(O)CC1. The molecule has 2 rings (SSSR count). The maximum absolute atomic E-state index is 12.5. The van der Waals surface area contributed by atoms with Gasteiger partial charge in [0.2, 0.25) is 10.0 Å². The molecule has 0 aromatic carbocycles. The molecule has 1 saturated heterocycles. The van der Waals surface area contributed by atoms with Gasteiger partial charge in [0.1, 0.15) is 9.77 Å². The second-order valence-corrected chi connectivity index (χ2v) is 7.83. The highest BCUT2D eigenvalue weighted by molar-refractivity contribution is 7.89. The predicted octanol–water partition coefficient (Wildman–Crippen LogP) is 1.07. The Morgan fingerprint density at radius 3 is 2.60 bits per heavy atom. The van der Waals surface area contributed by atoms with Gasteiger partial charge in [-0.2, -0.15) is 4.31 Å². The summed E-state index contributed by atoms with van der Waals surface area (Å²) in [5.41, 5.74) is -0.828. The van der Waals surface area contributed by atoms with Crippen molar-refractivity contribution in [3.63, 3.8) is 0 Å². The van der Waals surface area contributed by atoms with Crippen LogP contribution in [-0.4, -0.2) is 49.6 Å². The quantitative estimate of drug-likeness (QED) is 0.843. The Balaban J connectivity index is 2.28. The molecule has 1 N–H and O–H groups in total. The Labute approximate surface area is 122 Å². The van der Waals surface area contributed by atoms with Crippen LogP contribution in [0.5, 0.6) is 0 Å². The molecule has 0 unspecified atom stereocenters. The zero-order chi connectivity index (χ0) is 15.0. The van der Waals surface area contributed by atoms with E-state index in [4.69, 9.17) is 0 Å². The molecule has 6 nitrogen and oxygen atoms in total. The highest BCUT2D eigenvalue weighted by atomic mass is 32.2. The molecule has 0 saturated carbocycles. The number of rotatable bonds is 3. The molecular formula is C12H17NO5S2. The number of nitrogens with zero attached hydrogens (tertiary/aromatic N) is 1. The van der Waals surface area contributed by atoms with Gasteiger partial charge >= 0.3 is 5.97 Å². The average Bonchev–Trinajstić information content (AvgIpc) is 2.87. The summed E-state index contributed by atoms with van der Waals surface area (Å²) in [5.74, 6) is -0.650. The van der Waals surface area contributed by atoms with Crippen molar-refractivity contribution in [2.24, 2.45) is 0 Å². The largest absolute Gasteiger partial charge is 0.465 e. The fraction of sp³-hybridized carbons (Fsp3) is 0.583. The van der Waals surface area contributed by atoms with Crippen LogP contribution in [0.25, 0.3) is 0 Å². The lowest BCUT2D eigenvalue weighted by Crippen LogP contribution is -2.45. The predicted molar refractivity (Wildman–Crippen MR) is 74.3 cm³/mol. The summed E-state index contributed by atoms with van der Waals surface area (Å²) in [6.07, 6.45) is 0.758. The molecule has 1 aliphatic heterocycles. The van der Waals surface area contributed by atoms with E-state index < -0.39 is 21.6 Å². The number of esters is 1. The van der Waals surface area contributed by atoms with E-state index in [1.165, 1.54) is 17.5 Å². The summed E-state index contributed by atoms with van der Waals surface area (Å²) in [5, 5.41) is 11.4. The third-order valence-corrected chi connectivity index (χ3v) is 6.38. The van der Waals surface area contributed by atoms with Crippen molar-refractivity contribution in [2.45, 2.75) is 30.3 Å². The normalized spacial score (nSPS) is 19.8. The zero-order valence-corrected chi connectivity index (χ0v) is 13.0. The van der Waals surface area contributed by atoms with E-state index in [9.17, 15) is 18.3 Å². The number of ether oxygens (including phenoxy) is 1. The highest BCUT2D eigenvalue weighted by Crippen LogP contribution is 2.30. The molecule has 0 bridgehead atoms. The Hall–Kier alpha value is -0.960. The molecule has 1 aliphatic rings. The van der Waals surface area contributed by atoms with Gasteiger partial charge in [-0.15, -0.1) is 11.3 Å². The second-order valence-electron chi connectivity index (χ2n) is 5.01. The summed E-state index contributed by atoms with van der Waals surface area (Å²) < 4.78 is 31.0. The number of piperidine rings is 1. The molecule has 2 heterocycles. The van der Waals surface area contributed by atoms with Crippen molar-refractivity contribution in [2.75, 3.05) is 20.2 Å². The van der Waals surface area contributed by atoms with Crippen LogP contribution >= 0.6 is 11.3 Å². The van der Waals surface area contributed by atoms with Gasteiger partial charge in [-0.25, -0.2) is 13.2 Å². The molecule has 8 heteroatoms. The molecular weight excluding hydrogens is 302 g/mol. The van der Waals surface area contributed by atoms with Gasteiger partial charge in [0, 0.05) is 13.1 Å². The lowest BCUT2D eigenvalue weighted by molar-refractivity contribution is 0.0125. The molecule has 0 atom stereocenters. The molecule has 0 aliphatic carbocycles. The first-order chi connectivity index (χ1) is 9.28. The third-order valence-electron chi connectivity index (χ3n) is 3.42. The highest BCUT2D eigenvalue weighted by Gasteiger charge is 2.36. The van der Waals surface area contributed by atoms with Crippen LogP contribution in [0.15, 0.2) is 16.3 Å². The van der Waals surface area contributed by atoms with E-state index in [1.54, 1.807) is 12.3 Å². The van der Waals surface area contributed by atoms with Crippen LogP contribution in [-0.2, 0) is 14.8 Å². The fourth-order valence-electron chi connectivity index (χ4n) is 2.09. The first-order valence-corrected chi connectivity index (χ1v) is 8.48. The summed E-state index contributed by atoms with van der Waals surface area (Å²) in [6.45, 7) is 2.18. The molecule has 0 radical (unpaired) electrons.